The molecule has 4 aromatic rings. The second-order valence-corrected chi connectivity index (χ2v) is 12.3. The molecule has 0 unspecified atom stereocenters. The molecule has 2 bridgehead atoms. The van der Waals surface area contributed by atoms with Gasteiger partial charge in [-0.3, -0.25) is 9.67 Å². The van der Waals surface area contributed by atoms with Crippen molar-refractivity contribution in [2.45, 2.75) is 44.6 Å². The van der Waals surface area contributed by atoms with Crippen molar-refractivity contribution in [1.82, 2.24) is 25.0 Å². The van der Waals surface area contributed by atoms with Crippen LogP contribution in [0.3, 0.4) is 0 Å². The van der Waals surface area contributed by atoms with Crippen LogP contribution in [0.25, 0.3) is 22.5 Å². The zero-order valence-corrected chi connectivity index (χ0v) is 21.7. The van der Waals surface area contributed by atoms with Crippen molar-refractivity contribution in [2.24, 2.45) is 10.6 Å². The molecular formula is C27H26F2N6O2S. The Morgan fingerprint density at radius 3 is 2.55 bits per heavy atom. The van der Waals surface area contributed by atoms with Gasteiger partial charge in [0.1, 0.15) is 11.6 Å². The van der Waals surface area contributed by atoms with Crippen LogP contribution in [0.4, 0.5) is 8.78 Å². The summed E-state index contributed by atoms with van der Waals surface area (Å²) in [5.74, 6) is -1.42. The van der Waals surface area contributed by atoms with Crippen molar-refractivity contribution in [3.63, 3.8) is 0 Å². The van der Waals surface area contributed by atoms with Gasteiger partial charge in [-0.1, -0.05) is 26.0 Å². The van der Waals surface area contributed by atoms with E-state index in [0.29, 0.717) is 5.69 Å². The Labute approximate surface area is 219 Å². The normalized spacial score (nSPS) is 21.6. The van der Waals surface area contributed by atoms with Crippen molar-refractivity contribution < 1.29 is 17.2 Å². The number of hydrogen-bond donors (Lipinski definition) is 1. The van der Waals surface area contributed by atoms with Gasteiger partial charge in [0.25, 0.3) is 0 Å². The van der Waals surface area contributed by atoms with Crippen LogP contribution in [0.5, 0.6) is 0 Å². The minimum atomic E-state index is -3.60. The number of benzene rings is 1. The van der Waals surface area contributed by atoms with Gasteiger partial charge in [-0.2, -0.15) is 10.2 Å². The molecular weight excluding hydrogens is 510 g/mol. The van der Waals surface area contributed by atoms with Gasteiger partial charge in [0, 0.05) is 11.8 Å². The number of hydrogen-bond acceptors (Lipinski definition) is 6. The van der Waals surface area contributed by atoms with Gasteiger partial charge in [0.2, 0.25) is 10.0 Å². The quantitative estimate of drug-likeness (QED) is 0.395. The fraction of sp³-hybridized carbons (Fsp3) is 0.333. The Hall–Kier alpha value is -3.57. The predicted molar refractivity (Wildman–Crippen MR) is 137 cm³/mol. The first kappa shape index (κ1) is 24.7. The maximum absolute atomic E-state index is 14.5. The molecule has 3 heterocycles. The highest BCUT2D eigenvalue weighted by molar-refractivity contribution is 7.89. The predicted octanol–water partition coefficient (Wildman–Crippen LogP) is 4.17. The Balaban J connectivity index is 1.41. The van der Waals surface area contributed by atoms with E-state index in [2.05, 4.69) is 29.1 Å². The molecule has 8 nitrogen and oxygen atoms in total. The number of sulfonamides is 1. The summed E-state index contributed by atoms with van der Waals surface area (Å²) in [4.78, 5) is 5.04. The van der Waals surface area contributed by atoms with Gasteiger partial charge in [-0.15, -0.1) is 5.10 Å². The second-order valence-electron chi connectivity index (χ2n) is 10.6. The molecule has 1 aromatic carbocycles. The number of halogens is 2. The number of aryl methyl sites for hydroxylation is 1. The first-order chi connectivity index (χ1) is 18.0. The third-order valence-electron chi connectivity index (χ3n) is 8.32. The zero-order valence-electron chi connectivity index (χ0n) is 20.9. The van der Waals surface area contributed by atoms with Gasteiger partial charge in [-0.25, -0.2) is 22.3 Å². The molecule has 0 saturated heterocycles. The van der Waals surface area contributed by atoms with E-state index in [4.69, 9.17) is 10.1 Å². The maximum Gasteiger partial charge on any atom is 0.210 e. The van der Waals surface area contributed by atoms with E-state index < -0.39 is 27.1 Å². The average Bonchev–Trinajstić information content (AvgIpc) is 3.50. The summed E-state index contributed by atoms with van der Waals surface area (Å²) in [6.45, 7) is 4.52. The Morgan fingerprint density at radius 1 is 1.08 bits per heavy atom. The Kier molecular flexibility index (Phi) is 5.52. The topological polar surface area (TPSA) is 117 Å². The van der Waals surface area contributed by atoms with E-state index in [1.165, 1.54) is 22.9 Å². The van der Waals surface area contributed by atoms with Gasteiger partial charge in [0.15, 0.2) is 0 Å². The molecule has 2 atom stereocenters. The highest BCUT2D eigenvalue weighted by atomic mass is 32.2. The first-order valence-electron chi connectivity index (χ1n) is 12.3. The van der Waals surface area contributed by atoms with Crippen molar-refractivity contribution in [3.8, 4) is 22.5 Å². The molecule has 2 N–H and O–H groups in total. The van der Waals surface area contributed by atoms with Crippen LogP contribution in [0.1, 0.15) is 49.6 Å². The van der Waals surface area contributed by atoms with E-state index in [-0.39, 0.29) is 34.9 Å². The summed E-state index contributed by atoms with van der Waals surface area (Å²) in [7, 11) is -3.60. The van der Waals surface area contributed by atoms with Crippen molar-refractivity contribution >= 4 is 10.0 Å². The average molecular weight is 537 g/mol. The van der Waals surface area contributed by atoms with E-state index in [9.17, 15) is 17.2 Å². The molecule has 1 saturated carbocycles. The molecule has 196 valence electrons. The van der Waals surface area contributed by atoms with Crippen LogP contribution < -0.4 is 5.14 Å². The molecule has 6 rings (SSSR count). The Bertz CT molecular complexity index is 1670. The van der Waals surface area contributed by atoms with Crippen LogP contribution >= 0.6 is 0 Å². The lowest BCUT2D eigenvalue weighted by atomic mass is 9.66. The second kappa shape index (κ2) is 8.47. The van der Waals surface area contributed by atoms with Crippen molar-refractivity contribution in [2.75, 3.05) is 5.75 Å². The molecule has 0 aliphatic heterocycles. The molecule has 2 aliphatic carbocycles. The third kappa shape index (κ3) is 3.67. The number of fused-ring (bicyclic) bond motifs is 5. The summed E-state index contributed by atoms with van der Waals surface area (Å²) in [5, 5.41) is 18.3. The minimum Gasteiger partial charge on any atom is -0.271 e. The molecule has 1 fully saturated rings. The minimum absolute atomic E-state index is 0.132. The van der Waals surface area contributed by atoms with Crippen molar-refractivity contribution in [1.29, 1.82) is 0 Å². The van der Waals surface area contributed by atoms with Gasteiger partial charge < -0.3 is 0 Å². The van der Waals surface area contributed by atoms with E-state index in [1.54, 1.807) is 18.5 Å². The number of primary sulfonamides is 1. The van der Waals surface area contributed by atoms with Crippen LogP contribution in [0.2, 0.25) is 0 Å². The summed E-state index contributed by atoms with van der Waals surface area (Å²) in [5.41, 5.74) is 3.28. The smallest absolute Gasteiger partial charge is 0.210 e. The Morgan fingerprint density at radius 2 is 1.82 bits per heavy atom. The number of nitrogens with two attached hydrogens (primary N) is 1. The lowest BCUT2D eigenvalue weighted by Crippen LogP contribution is -2.37. The molecule has 38 heavy (non-hydrogen) atoms. The molecule has 11 heteroatoms. The van der Waals surface area contributed by atoms with Crippen molar-refractivity contribution in [3.05, 3.63) is 83.4 Å². The fourth-order valence-corrected chi connectivity index (χ4v) is 6.87. The van der Waals surface area contributed by atoms with Crippen LogP contribution in [-0.2, 0) is 22.0 Å². The lowest BCUT2D eigenvalue weighted by Gasteiger charge is -2.37. The van der Waals surface area contributed by atoms with E-state index in [1.807, 2.05) is 18.2 Å². The van der Waals surface area contributed by atoms with E-state index >= 15 is 0 Å². The zero-order chi connectivity index (χ0) is 26.9. The first-order valence-corrected chi connectivity index (χ1v) is 14.1. The van der Waals surface area contributed by atoms with Crippen LogP contribution in [0.15, 0.2) is 54.9 Å². The highest BCUT2D eigenvalue weighted by Gasteiger charge is 2.65. The van der Waals surface area contributed by atoms with Crippen LogP contribution in [0, 0.1) is 17.0 Å². The fourth-order valence-electron chi connectivity index (χ4n) is 6.43. The lowest BCUT2D eigenvalue weighted by molar-refractivity contribution is 0.243. The molecule has 3 aromatic heterocycles. The van der Waals surface area contributed by atoms with Crippen LogP contribution in [-0.4, -0.2) is 39.1 Å². The maximum atomic E-state index is 14.5. The number of aromatic nitrogens is 5. The molecule has 0 amide bonds. The van der Waals surface area contributed by atoms with Gasteiger partial charge >= 0.3 is 0 Å². The standard InChI is InChI=1S/C27H26F2N6O2S/c1-26(2)18-9-10-27(26,25-17(18)13-22(33-34-25)24-19(28)5-3-6-20(24)29)23-8-4-7-21(32-23)16-14-31-35(15-16)11-12-38(30,36)37/h3-8,13-15,18H,9-12H2,1-2H3,(H2,30,36,37)/t18-,27-/m0/s1. The molecule has 0 spiro atoms. The molecule has 0 radical (unpaired) electrons. The molecule has 2 aliphatic rings. The third-order valence-corrected chi connectivity index (χ3v) is 9.07. The van der Waals surface area contributed by atoms with E-state index in [0.717, 1.165) is 35.4 Å². The summed E-state index contributed by atoms with van der Waals surface area (Å²) < 4.78 is 53.2. The summed E-state index contributed by atoms with van der Waals surface area (Å²) >= 11 is 0. The number of nitrogens with zero attached hydrogens (tertiary/aromatic N) is 5. The summed E-state index contributed by atoms with van der Waals surface area (Å²) in [6.07, 6.45) is 5.11. The number of pyridine rings is 1. The van der Waals surface area contributed by atoms with Gasteiger partial charge in [-0.05, 0) is 60.1 Å². The summed E-state index contributed by atoms with van der Waals surface area (Å²) in [6, 6.07) is 11.4. The monoisotopic (exact) mass is 536 g/mol. The number of rotatable bonds is 6. The SMILES string of the molecule is CC1(C)[C@H]2CC[C@]1(c1cccc(-c3cnn(CCS(N)(=O)=O)c3)n1)c1nnc(-c3c(F)cccc3F)cc12. The van der Waals surface area contributed by atoms with Gasteiger partial charge in [0.05, 0.1) is 52.2 Å². The largest absolute Gasteiger partial charge is 0.271 e. The highest BCUT2D eigenvalue weighted by Crippen LogP contribution is 2.69.